The lowest BCUT2D eigenvalue weighted by molar-refractivity contribution is -0.120. The number of carbonyl (C=O) groups is 1. The molecule has 0 unspecified atom stereocenters. The predicted octanol–water partition coefficient (Wildman–Crippen LogP) is 4.12. The summed E-state index contributed by atoms with van der Waals surface area (Å²) >= 11 is 2.03. The Morgan fingerprint density at radius 3 is 2.78 bits per heavy atom. The smallest absolute Gasteiger partial charge is 0.220 e. The molecule has 4 heteroatoms. The van der Waals surface area contributed by atoms with Crippen LogP contribution < -0.4 is 10.1 Å². The molecular formula is C19H29NO2S. The molecule has 0 spiro atoms. The summed E-state index contributed by atoms with van der Waals surface area (Å²) in [7, 11) is 1.68. The van der Waals surface area contributed by atoms with E-state index < -0.39 is 0 Å². The molecular weight excluding hydrogens is 306 g/mol. The summed E-state index contributed by atoms with van der Waals surface area (Å²) in [5.41, 5.74) is 2.31. The fourth-order valence-corrected chi connectivity index (χ4v) is 4.31. The Labute approximate surface area is 144 Å². The largest absolute Gasteiger partial charge is 0.496 e. The van der Waals surface area contributed by atoms with Crippen molar-refractivity contribution in [1.82, 2.24) is 5.32 Å². The van der Waals surface area contributed by atoms with E-state index in [1.54, 1.807) is 7.11 Å². The van der Waals surface area contributed by atoms with Crippen LogP contribution in [0.15, 0.2) is 18.2 Å². The Bertz CT molecular complexity index is 498. The number of hydrogen-bond donors (Lipinski definition) is 1. The van der Waals surface area contributed by atoms with Crippen molar-refractivity contribution in [2.45, 2.75) is 57.1 Å². The molecule has 1 aliphatic rings. The van der Waals surface area contributed by atoms with Gasteiger partial charge in [0.25, 0.3) is 0 Å². The van der Waals surface area contributed by atoms with Crippen LogP contribution in [-0.4, -0.2) is 30.6 Å². The second kappa shape index (κ2) is 9.86. The van der Waals surface area contributed by atoms with Gasteiger partial charge in [0.2, 0.25) is 5.91 Å². The number of hydrogen-bond acceptors (Lipinski definition) is 3. The first-order chi connectivity index (χ1) is 11.2. The number of thioether (sulfide) groups is 1. The number of carbonyl (C=O) groups excluding carboxylic acids is 1. The minimum Gasteiger partial charge on any atom is -0.496 e. The van der Waals surface area contributed by atoms with Crippen molar-refractivity contribution >= 4 is 17.7 Å². The summed E-state index contributed by atoms with van der Waals surface area (Å²) in [6.07, 6.45) is 8.21. The fraction of sp³-hybridized carbons (Fsp3) is 0.632. The molecule has 0 radical (unpaired) electrons. The minimum absolute atomic E-state index is 0.155. The van der Waals surface area contributed by atoms with Crippen LogP contribution in [0.4, 0.5) is 0 Å². The van der Waals surface area contributed by atoms with Crippen LogP contribution in [0.2, 0.25) is 0 Å². The Morgan fingerprint density at radius 1 is 1.30 bits per heavy atom. The molecule has 128 valence electrons. The second-order valence-corrected chi connectivity index (χ2v) is 7.69. The van der Waals surface area contributed by atoms with Crippen LogP contribution in [0.3, 0.4) is 0 Å². The molecule has 1 N–H and O–H groups in total. The zero-order chi connectivity index (χ0) is 16.5. The molecule has 0 aliphatic heterocycles. The summed E-state index contributed by atoms with van der Waals surface area (Å²) in [6.45, 7) is 2.83. The molecule has 2 rings (SSSR count). The van der Waals surface area contributed by atoms with Crippen molar-refractivity contribution in [1.29, 1.82) is 0 Å². The third kappa shape index (κ3) is 6.46. The normalized spacial score (nSPS) is 15.4. The van der Waals surface area contributed by atoms with E-state index in [1.165, 1.54) is 37.7 Å². The van der Waals surface area contributed by atoms with Crippen LogP contribution in [-0.2, 0) is 11.2 Å². The number of nitrogens with one attached hydrogen (secondary N) is 1. The molecule has 1 aromatic carbocycles. The maximum atomic E-state index is 11.9. The molecule has 0 atom stereocenters. The number of benzene rings is 1. The van der Waals surface area contributed by atoms with Gasteiger partial charge in [-0.2, -0.15) is 11.8 Å². The van der Waals surface area contributed by atoms with E-state index in [4.69, 9.17) is 4.74 Å². The van der Waals surface area contributed by atoms with E-state index in [2.05, 4.69) is 11.4 Å². The highest BCUT2D eigenvalue weighted by Gasteiger charge is 2.13. The molecule has 1 aromatic rings. The molecule has 0 aromatic heterocycles. The average molecular weight is 336 g/mol. The number of amides is 1. The molecule has 1 saturated carbocycles. The van der Waals surface area contributed by atoms with Gasteiger partial charge in [0.05, 0.1) is 7.11 Å². The van der Waals surface area contributed by atoms with Crippen molar-refractivity contribution in [3.8, 4) is 5.75 Å². The highest BCUT2D eigenvalue weighted by Crippen LogP contribution is 2.27. The molecule has 3 nitrogen and oxygen atoms in total. The zero-order valence-corrected chi connectivity index (χ0v) is 15.2. The van der Waals surface area contributed by atoms with Crippen molar-refractivity contribution < 1.29 is 9.53 Å². The topological polar surface area (TPSA) is 38.3 Å². The Kier molecular flexibility index (Phi) is 7.80. The summed E-state index contributed by atoms with van der Waals surface area (Å²) in [5.74, 6) is 2.10. The maximum Gasteiger partial charge on any atom is 0.220 e. The highest BCUT2D eigenvalue weighted by molar-refractivity contribution is 7.99. The molecule has 0 saturated heterocycles. The molecule has 1 amide bonds. The SMILES string of the molecule is COc1ccc(CCC(=O)NCCSC2CCCCC2)cc1C. The van der Waals surface area contributed by atoms with E-state index in [0.29, 0.717) is 6.42 Å². The van der Waals surface area contributed by atoms with E-state index in [1.807, 2.05) is 30.8 Å². The highest BCUT2D eigenvalue weighted by atomic mass is 32.2. The minimum atomic E-state index is 0.155. The third-order valence-electron chi connectivity index (χ3n) is 4.43. The summed E-state index contributed by atoms with van der Waals surface area (Å²) < 4.78 is 5.26. The van der Waals surface area contributed by atoms with Gasteiger partial charge in [-0.25, -0.2) is 0 Å². The van der Waals surface area contributed by atoms with Crippen LogP contribution in [0.25, 0.3) is 0 Å². The average Bonchev–Trinajstić information content (AvgIpc) is 2.58. The monoisotopic (exact) mass is 335 g/mol. The van der Waals surface area contributed by atoms with Crippen LogP contribution in [0, 0.1) is 6.92 Å². The van der Waals surface area contributed by atoms with Crippen LogP contribution in [0.5, 0.6) is 5.75 Å². The van der Waals surface area contributed by atoms with Gasteiger partial charge in [0, 0.05) is 24.0 Å². The molecule has 23 heavy (non-hydrogen) atoms. The first-order valence-electron chi connectivity index (χ1n) is 8.71. The van der Waals surface area contributed by atoms with Gasteiger partial charge in [-0.1, -0.05) is 31.4 Å². The lowest BCUT2D eigenvalue weighted by Gasteiger charge is -2.20. The number of rotatable bonds is 8. The molecule has 1 fully saturated rings. The van der Waals surface area contributed by atoms with Gasteiger partial charge in [-0.05, 0) is 43.4 Å². The number of aryl methyl sites for hydroxylation is 2. The lowest BCUT2D eigenvalue weighted by Crippen LogP contribution is -2.26. The van der Waals surface area contributed by atoms with E-state index in [-0.39, 0.29) is 5.91 Å². The molecule has 1 aliphatic carbocycles. The van der Waals surface area contributed by atoms with E-state index in [9.17, 15) is 4.79 Å². The third-order valence-corrected chi connectivity index (χ3v) is 5.81. The quantitative estimate of drug-likeness (QED) is 0.726. The van der Waals surface area contributed by atoms with Crippen molar-refractivity contribution in [2.24, 2.45) is 0 Å². The van der Waals surface area contributed by atoms with Gasteiger partial charge >= 0.3 is 0 Å². The first-order valence-corrected chi connectivity index (χ1v) is 9.75. The van der Waals surface area contributed by atoms with Crippen molar-refractivity contribution in [3.63, 3.8) is 0 Å². The summed E-state index contributed by atoms with van der Waals surface area (Å²) in [5, 5.41) is 3.87. The van der Waals surface area contributed by atoms with Crippen LogP contribution >= 0.6 is 11.8 Å². The van der Waals surface area contributed by atoms with Crippen LogP contribution in [0.1, 0.15) is 49.7 Å². The van der Waals surface area contributed by atoms with Gasteiger partial charge in [0.1, 0.15) is 5.75 Å². The van der Waals surface area contributed by atoms with Crippen molar-refractivity contribution in [2.75, 3.05) is 19.4 Å². The van der Waals surface area contributed by atoms with Gasteiger partial charge in [0.15, 0.2) is 0 Å². The second-order valence-electron chi connectivity index (χ2n) is 6.28. The van der Waals surface area contributed by atoms with Gasteiger partial charge < -0.3 is 10.1 Å². The zero-order valence-electron chi connectivity index (χ0n) is 14.4. The standard InChI is InChI=1S/C19H29NO2S/c1-15-14-16(8-10-18(15)22-2)9-11-19(21)20-12-13-23-17-6-4-3-5-7-17/h8,10,14,17H,3-7,9,11-13H2,1-2H3,(H,20,21). The fourth-order valence-electron chi connectivity index (χ4n) is 3.09. The molecule has 0 heterocycles. The number of methoxy groups -OCH3 is 1. The Hall–Kier alpha value is -1.16. The number of ether oxygens (including phenoxy) is 1. The summed E-state index contributed by atoms with van der Waals surface area (Å²) in [4.78, 5) is 11.9. The first kappa shape index (κ1) is 18.2. The maximum absolute atomic E-state index is 11.9. The predicted molar refractivity (Wildman–Crippen MR) is 98.4 cm³/mol. The summed E-state index contributed by atoms with van der Waals surface area (Å²) in [6, 6.07) is 6.12. The molecule has 0 bridgehead atoms. The van der Waals surface area contributed by atoms with E-state index in [0.717, 1.165) is 35.3 Å². The van der Waals surface area contributed by atoms with Gasteiger partial charge in [-0.15, -0.1) is 0 Å². The van der Waals surface area contributed by atoms with E-state index >= 15 is 0 Å². The Balaban J connectivity index is 1.60. The van der Waals surface area contributed by atoms with Crippen molar-refractivity contribution in [3.05, 3.63) is 29.3 Å². The van der Waals surface area contributed by atoms with Gasteiger partial charge in [-0.3, -0.25) is 4.79 Å². The lowest BCUT2D eigenvalue weighted by atomic mass is 10.0. The Morgan fingerprint density at radius 2 is 2.09 bits per heavy atom.